The molecule has 0 fully saturated rings. The highest BCUT2D eigenvalue weighted by molar-refractivity contribution is 7.84. The fraction of sp³-hybridized carbons (Fsp3) is 0.128. The number of rotatable bonds is 10. The summed E-state index contributed by atoms with van der Waals surface area (Å²) in [5, 5.41) is 5.53. The van der Waals surface area contributed by atoms with Crippen LogP contribution in [0.3, 0.4) is 0 Å². The molecule has 0 saturated heterocycles. The van der Waals surface area contributed by atoms with Crippen molar-refractivity contribution >= 4 is 18.3 Å². The standard InChI is InChI=1S/C39H40N4S/c1-3-4-22-39(2,37-17-11-12-23-42-37)27-38(44)43(41)28-36(40)32-20-18-31(19-21-32)35-25-33(29-13-7-5-8-14-29)24-34(26-35)30-15-9-6-10-16-30/h4-22,24-28,42,44H,3,23,40-41H2,1-2H3/b22-4?,36-28-,38-27-. The molecular formula is C39H40N4S. The van der Waals surface area contributed by atoms with Gasteiger partial charge in [0.15, 0.2) is 0 Å². The molecule has 1 atom stereocenters. The van der Waals surface area contributed by atoms with Crippen molar-refractivity contribution < 1.29 is 0 Å². The minimum Gasteiger partial charge on any atom is -0.397 e. The van der Waals surface area contributed by atoms with Gasteiger partial charge in [0, 0.05) is 23.9 Å². The Morgan fingerprint density at radius 2 is 1.39 bits per heavy atom. The molecule has 0 amide bonds. The molecule has 0 aromatic heterocycles. The first-order chi connectivity index (χ1) is 21.4. The Hall–Kier alpha value is -4.71. The summed E-state index contributed by atoms with van der Waals surface area (Å²) in [5.74, 6) is 6.44. The molecule has 1 unspecified atom stereocenters. The fourth-order valence-corrected chi connectivity index (χ4v) is 5.61. The van der Waals surface area contributed by atoms with Crippen LogP contribution in [-0.2, 0) is 0 Å². The van der Waals surface area contributed by atoms with Gasteiger partial charge in [0.1, 0.15) is 0 Å². The highest BCUT2D eigenvalue weighted by atomic mass is 32.1. The number of hydrogen-bond donors (Lipinski definition) is 4. The molecule has 5 heteroatoms. The fourth-order valence-electron chi connectivity index (χ4n) is 5.29. The number of nitrogens with two attached hydrogens (primary N) is 2. The highest BCUT2D eigenvalue weighted by Gasteiger charge is 2.25. The van der Waals surface area contributed by atoms with Crippen LogP contribution in [0.2, 0.25) is 0 Å². The van der Waals surface area contributed by atoms with Crippen molar-refractivity contribution in [3.8, 4) is 33.4 Å². The summed E-state index contributed by atoms with van der Waals surface area (Å²) in [4.78, 5) is 0. The van der Waals surface area contributed by atoms with Gasteiger partial charge < -0.3 is 11.1 Å². The Bertz CT molecular complexity index is 1660. The van der Waals surface area contributed by atoms with E-state index in [4.69, 9.17) is 24.2 Å². The van der Waals surface area contributed by atoms with Gasteiger partial charge in [0.2, 0.25) is 0 Å². The number of dihydropyridines is 1. The lowest BCUT2D eigenvalue weighted by atomic mass is 9.84. The predicted octanol–water partition coefficient (Wildman–Crippen LogP) is 8.91. The number of allylic oxidation sites excluding steroid dienone is 4. The number of nitrogens with zero attached hydrogens (tertiary/aromatic N) is 1. The lowest BCUT2D eigenvalue weighted by molar-refractivity contribution is 0.507. The first kappa shape index (κ1) is 30.7. The summed E-state index contributed by atoms with van der Waals surface area (Å²) in [6.45, 7) is 5.05. The second-order valence-electron chi connectivity index (χ2n) is 11.1. The van der Waals surface area contributed by atoms with Crippen LogP contribution in [0.5, 0.6) is 0 Å². The van der Waals surface area contributed by atoms with Crippen molar-refractivity contribution in [2.24, 2.45) is 17.0 Å². The van der Waals surface area contributed by atoms with Gasteiger partial charge in [-0.1, -0.05) is 116 Å². The molecule has 4 aromatic carbocycles. The van der Waals surface area contributed by atoms with Gasteiger partial charge in [-0.3, -0.25) is 5.01 Å². The van der Waals surface area contributed by atoms with Crippen LogP contribution in [0, 0.1) is 5.41 Å². The van der Waals surface area contributed by atoms with E-state index in [2.05, 4.69) is 128 Å². The molecule has 1 aliphatic rings. The zero-order valence-corrected chi connectivity index (χ0v) is 26.2. The molecule has 44 heavy (non-hydrogen) atoms. The quantitative estimate of drug-likeness (QED) is 0.0639. The molecule has 0 saturated carbocycles. The number of hydrazine groups is 1. The van der Waals surface area contributed by atoms with E-state index in [0.29, 0.717) is 10.7 Å². The minimum atomic E-state index is -0.396. The summed E-state index contributed by atoms with van der Waals surface area (Å²) < 4.78 is 0. The lowest BCUT2D eigenvalue weighted by Gasteiger charge is -2.30. The minimum absolute atomic E-state index is 0.396. The SMILES string of the molecule is CCC=CC(C)(/C=C(\S)N(N)/C=C(\N)c1ccc(-c2cc(-c3ccccc3)cc(-c3ccccc3)c2)cc1)C1=CC=CCN1. The molecule has 222 valence electrons. The maximum Gasteiger partial charge on any atom is 0.0841 e. The lowest BCUT2D eigenvalue weighted by Crippen LogP contribution is -2.30. The van der Waals surface area contributed by atoms with E-state index in [-0.39, 0.29) is 0 Å². The third-order valence-electron chi connectivity index (χ3n) is 7.76. The molecule has 0 bridgehead atoms. The van der Waals surface area contributed by atoms with E-state index >= 15 is 0 Å². The number of benzene rings is 4. The topological polar surface area (TPSA) is 67.3 Å². The molecule has 0 spiro atoms. The van der Waals surface area contributed by atoms with Crippen molar-refractivity contribution in [3.05, 3.63) is 162 Å². The molecule has 5 N–H and O–H groups in total. The molecule has 4 nitrogen and oxygen atoms in total. The van der Waals surface area contributed by atoms with Crippen LogP contribution in [0.15, 0.2) is 157 Å². The zero-order valence-electron chi connectivity index (χ0n) is 25.3. The van der Waals surface area contributed by atoms with Crippen molar-refractivity contribution in [1.29, 1.82) is 0 Å². The van der Waals surface area contributed by atoms with E-state index < -0.39 is 5.41 Å². The smallest absolute Gasteiger partial charge is 0.0841 e. The van der Waals surface area contributed by atoms with Crippen molar-refractivity contribution in [3.63, 3.8) is 0 Å². The van der Waals surface area contributed by atoms with E-state index in [9.17, 15) is 0 Å². The Morgan fingerprint density at radius 1 is 0.841 bits per heavy atom. The van der Waals surface area contributed by atoms with Gasteiger partial charge in [0.05, 0.1) is 10.7 Å². The van der Waals surface area contributed by atoms with Crippen molar-refractivity contribution in [2.45, 2.75) is 20.3 Å². The Morgan fingerprint density at radius 3 is 1.89 bits per heavy atom. The van der Waals surface area contributed by atoms with Crippen LogP contribution in [-0.4, -0.2) is 11.6 Å². The van der Waals surface area contributed by atoms with Crippen LogP contribution >= 0.6 is 12.6 Å². The van der Waals surface area contributed by atoms with Gasteiger partial charge in [0.25, 0.3) is 0 Å². The predicted molar refractivity (Wildman–Crippen MR) is 191 cm³/mol. The van der Waals surface area contributed by atoms with Crippen molar-refractivity contribution in [2.75, 3.05) is 6.54 Å². The Balaban J connectivity index is 1.41. The third kappa shape index (κ3) is 7.43. The van der Waals surface area contributed by atoms with Gasteiger partial charge in [-0.2, -0.15) is 0 Å². The largest absolute Gasteiger partial charge is 0.397 e. The van der Waals surface area contributed by atoms with E-state index in [1.54, 1.807) is 6.20 Å². The molecule has 1 aliphatic heterocycles. The first-order valence-corrected chi connectivity index (χ1v) is 15.4. The van der Waals surface area contributed by atoms with E-state index in [0.717, 1.165) is 35.4 Å². The number of nitrogens with one attached hydrogen (secondary N) is 1. The number of hydrogen-bond acceptors (Lipinski definition) is 5. The maximum absolute atomic E-state index is 6.54. The average molecular weight is 597 g/mol. The van der Waals surface area contributed by atoms with E-state index in [1.165, 1.54) is 27.3 Å². The molecule has 0 aliphatic carbocycles. The van der Waals surface area contributed by atoms with Gasteiger partial charge in [-0.05, 0) is 82.6 Å². The normalized spacial score (nSPS) is 15.0. The summed E-state index contributed by atoms with van der Waals surface area (Å²) in [5.41, 5.74) is 15.6. The maximum atomic E-state index is 6.54. The van der Waals surface area contributed by atoms with Crippen LogP contribution < -0.4 is 16.9 Å². The monoisotopic (exact) mass is 596 g/mol. The second kappa shape index (κ2) is 14.2. The second-order valence-corrected chi connectivity index (χ2v) is 11.5. The van der Waals surface area contributed by atoms with Crippen LogP contribution in [0.1, 0.15) is 25.8 Å². The summed E-state index contributed by atoms with van der Waals surface area (Å²) in [6.07, 6.45) is 15.3. The molecule has 1 heterocycles. The molecule has 0 radical (unpaired) electrons. The Kier molecular flexibility index (Phi) is 9.90. The third-order valence-corrected chi connectivity index (χ3v) is 8.12. The summed E-state index contributed by atoms with van der Waals surface area (Å²) in [6, 6.07) is 36.0. The van der Waals surface area contributed by atoms with Gasteiger partial charge in [-0.25, -0.2) is 5.84 Å². The molecular weight excluding hydrogens is 557 g/mol. The Labute approximate surface area is 267 Å². The molecule has 4 aromatic rings. The van der Waals surface area contributed by atoms with Crippen molar-refractivity contribution in [1.82, 2.24) is 10.3 Å². The van der Waals surface area contributed by atoms with Crippen LogP contribution in [0.4, 0.5) is 0 Å². The first-order valence-electron chi connectivity index (χ1n) is 14.9. The van der Waals surface area contributed by atoms with Crippen LogP contribution in [0.25, 0.3) is 39.1 Å². The van der Waals surface area contributed by atoms with Gasteiger partial charge in [-0.15, -0.1) is 12.6 Å². The van der Waals surface area contributed by atoms with E-state index in [1.807, 2.05) is 30.3 Å². The highest BCUT2D eigenvalue weighted by Crippen LogP contribution is 2.34. The summed E-state index contributed by atoms with van der Waals surface area (Å²) in [7, 11) is 0. The van der Waals surface area contributed by atoms with Gasteiger partial charge >= 0.3 is 0 Å². The zero-order chi connectivity index (χ0) is 30.9. The average Bonchev–Trinajstić information content (AvgIpc) is 3.08. The number of thiol groups is 1. The molecule has 5 rings (SSSR count). The summed E-state index contributed by atoms with van der Waals surface area (Å²) >= 11 is 4.75.